The monoisotopic (exact) mass is 189 g/mol. The van der Waals surface area contributed by atoms with Crippen molar-refractivity contribution in [2.24, 2.45) is 0 Å². The van der Waals surface area contributed by atoms with E-state index in [-0.39, 0.29) is 0 Å². The molecule has 0 aliphatic carbocycles. The first-order valence-electron chi connectivity index (χ1n) is 3.04. The van der Waals surface area contributed by atoms with Gasteiger partial charge in [-0.2, -0.15) is 0 Å². The molecule has 11 heavy (non-hydrogen) atoms. The molecule has 0 radical (unpaired) electrons. The SMILES string of the molecule is CONc1cccc(SCl)c1. The molecular weight excluding hydrogens is 182 g/mol. The molecule has 0 unspecified atom stereocenters. The lowest BCUT2D eigenvalue weighted by Gasteiger charge is -2.02. The molecule has 0 saturated heterocycles. The van der Waals surface area contributed by atoms with E-state index in [0.717, 1.165) is 10.6 Å². The van der Waals surface area contributed by atoms with Gasteiger partial charge < -0.3 is 0 Å². The summed E-state index contributed by atoms with van der Waals surface area (Å²) >= 11 is 0. The van der Waals surface area contributed by atoms with Crippen LogP contribution in [-0.4, -0.2) is 7.11 Å². The van der Waals surface area contributed by atoms with Crippen molar-refractivity contribution in [2.75, 3.05) is 12.6 Å². The average Bonchev–Trinajstić information content (AvgIpc) is 2.06. The van der Waals surface area contributed by atoms with Crippen molar-refractivity contribution in [1.82, 2.24) is 0 Å². The Labute approximate surface area is 74.3 Å². The molecule has 0 fully saturated rings. The van der Waals surface area contributed by atoms with Crippen molar-refractivity contribution in [3.05, 3.63) is 24.3 Å². The molecule has 0 amide bonds. The minimum Gasteiger partial charge on any atom is -0.279 e. The second-order valence-electron chi connectivity index (χ2n) is 1.91. The van der Waals surface area contributed by atoms with Gasteiger partial charge >= 0.3 is 0 Å². The summed E-state index contributed by atoms with van der Waals surface area (Å²) in [6.45, 7) is 0. The molecule has 0 bridgehead atoms. The molecule has 1 N–H and O–H groups in total. The second kappa shape index (κ2) is 4.49. The lowest BCUT2D eigenvalue weighted by atomic mass is 10.3. The third-order valence-corrected chi connectivity index (χ3v) is 2.11. The van der Waals surface area contributed by atoms with Crippen molar-refractivity contribution >= 4 is 27.3 Å². The van der Waals surface area contributed by atoms with E-state index in [1.807, 2.05) is 24.3 Å². The first-order valence-corrected chi connectivity index (χ1v) is 4.68. The Morgan fingerprint density at radius 1 is 1.55 bits per heavy atom. The van der Waals surface area contributed by atoms with Gasteiger partial charge in [0, 0.05) is 4.90 Å². The Morgan fingerprint density at radius 3 is 3.00 bits per heavy atom. The third kappa shape index (κ3) is 2.61. The lowest BCUT2D eigenvalue weighted by Crippen LogP contribution is -1.94. The van der Waals surface area contributed by atoms with Gasteiger partial charge in [-0.3, -0.25) is 10.3 Å². The summed E-state index contributed by atoms with van der Waals surface area (Å²) in [6, 6.07) is 7.64. The maximum Gasteiger partial charge on any atom is 0.0636 e. The topological polar surface area (TPSA) is 21.3 Å². The van der Waals surface area contributed by atoms with Crippen molar-refractivity contribution in [1.29, 1.82) is 0 Å². The fraction of sp³-hybridized carbons (Fsp3) is 0.143. The number of nitrogens with one attached hydrogen (secondary N) is 1. The highest BCUT2D eigenvalue weighted by Crippen LogP contribution is 2.24. The van der Waals surface area contributed by atoms with Crippen LogP contribution in [0.15, 0.2) is 29.2 Å². The molecule has 1 aromatic rings. The van der Waals surface area contributed by atoms with Crippen molar-refractivity contribution < 1.29 is 4.84 Å². The fourth-order valence-corrected chi connectivity index (χ4v) is 1.31. The quantitative estimate of drug-likeness (QED) is 0.739. The Balaban J connectivity index is 2.74. The average molecular weight is 190 g/mol. The minimum absolute atomic E-state index is 0.901. The number of rotatable bonds is 3. The maximum atomic E-state index is 5.55. The van der Waals surface area contributed by atoms with Gasteiger partial charge in [-0.25, -0.2) is 0 Å². The first-order chi connectivity index (χ1) is 5.36. The van der Waals surface area contributed by atoms with Crippen molar-refractivity contribution in [3.63, 3.8) is 0 Å². The summed E-state index contributed by atoms with van der Waals surface area (Å²) in [7, 11) is 8.30. The van der Waals surface area contributed by atoms with E-state index in [2.05, 4.69) is 5.48 Å². The van der Waals surface area contributed by atoms with Gasteiger partial charge in [-0.15, -0.1) is 0 Å². The van der Waals surface area contributed by atoms with Crippen LogP contribution in [-0.2, 0) is 4.84 Å². The summed E-state index contributed by atoms with van der Waals surface area (Å²) in [5.74, 6) is 0. The van der Waals surface area contributed by atoms with Crippen LogP contribution in [0.5, 0.6) is 0 Å². The van der Waals surface area contributed by atoms with E-state index in [1.165, 1.54) is 11.0 Å². The van der Waals surface area contributed by atoms with Crippen LogP contribution in [0.4, 0.5) is 5.69 Å². The zero-order valence-electron chi connectivity index (χ0n) is 6.00. The molecule has 0 spiro atoms. The predicted octanol–water partition coefficient (Wildman–Crippen LogP) is 2.91. The standard InChI is InChI=1S/C7H8ClNOS/c1-10-9-6-3-2-4-7(5-6)11-8/h2-5,9H,1H3. The number of halogens is 1. The second-order valence-corrected chi connectivity index (χ2v) is 3.00. The van der Waals surface area contributed by atoms with Crippen LogP contribution >= 0.6 is 21.7 Å². The zero-order chi connectivity index (χ0) is 8.10. The zero-order valence-corrected chi connectivity index (χ0v) is 7.58. The number of anilines is 1. The smallest absolute Gasteiger partial charge is 0.0636 e. The molecular formula is C7H8ClNOS. The molecule has 0 saturated carbocycles. The van der Waals surface area contributed by atoms with Gasteiger partial charge in [-0.05, 0) is 39.9 Å². The third-order valence-electron chi connectivity index (χ3n) is 1.14. The molecule has 1 aromatic carbocycles. The predicted molar refractivity (Wildman–Crippen MR) is 48.8 cm³/mol. The van der Waals surface area contributed by atoms with E-state index in [0.29, 0.717) is 0 Å². The summed E-state index contributed by atoms with van der Waals surface area (Å²) in [5, 5.41) is 0. The summed E-state index contributed by atoms with van der Waals surface area (Å²) in [4.78, 5) is 5.72. The molecule has 0 aromatic heterocycles. The Bertz CT molecular complexity index is 231. The lowest BCUT2D eigenvalue weighted by molar-refractivity contribution is 0.271. The summed E-state index contributed by atoms with van der Waals surface area (Å²) < 4.78 is 0. The largest absolute Gasteiger partial charge is 0.279 e. The van der Waals surface area contributed by atoms with Gasteiger partial charge in [0.2, 0.25) is 0 Å². The van der Waals surface area contributed by atoms with Crippen LogP contribution in [0.2, 0.25) is 0 Å². The Hall–Kier alpha value is -0.380. The molecule has 4 heteroatoms. The van der Waals surface area contributed by atoms with E-state index in [1.54, 1.807) is 7.11 Å². The van der Waals surface area contributed by atoms with Gasteiger partial charge in [0.15, 0.2) is 0 Å². The van der Waals surface area contributed by atoms with Gasteiger partial charge in [0.05, 0.1) is 12.8 Å². The highest BCUT2D eigenvalue weighted by atomic mass is 35.7. The van der Waals surface area contributed by atoms with Crippen molar-refractivity contribution in [3.8, 4) is 0 Å². The molecule has 1 rings (SSSR count). The van der Waals surface area contributed by atoms with E-state index >= 15 is 0 Å². The fourth-order valence-electron chi connectivity index (χ4n) is 0.725. The molecule has 0 aliphatic heterocycles. The van der Waals surface area contributed by atoms with E-state index in [4.69, 9.17) is 15.5 Å². The number of hydrogen-bond acceptors (Lipinski definition) is 3. The summed E-state index contributed by atoms with van der Waals surface area (Å²) in [6.07, 6.45) is 0. The maximum absolute atomic E-state index is 5.55. The van der Waals surface area contributed by atoms with Crippen LogP contribution in [0, 0.1) is 0 Å². The van der Waals surface area contributed by atoms with Gasteiger partial charge in [-0.1, -0.05) is 6.07 Å². The number of benzene rings is 1. The number of hydrogen-bond donors (Lipinski definition) is 1. The minimum atomic E-state index is 0.901. The Kier molecular flexibility index (Phi) is 3.56. The van der Waals surface area contributed by atoms with Gasteiger partial charge in [0.1, 0.15) is 0 Å². The summed E-state index contributed by atoms with van der Waals surface area (Å²) in [5.41, 5.74) is 3.61. The first kappa shape index (κ1) is 8.71. The molecule has 60 valence electrons. The van der Waals surface area contributed by atoms with Crippen molar-refractivity contribution in [2.45, 2.75) is 4.90 Å². The molecule has 2 nitrogen and oxygen atoms in total. The Morgan fingerprint density at radius 2 is 2.36 bits per heavy atom. The van der Waals surface area contributed by atoms with Crippen LogP contribution < -0.4 is 5.48 Å². The highest BCUT2D eigenvalue weighted by Gasteiger charge is 1.92. The van der Waals surface area contributed by atoms with E-state index in [9.17, 15) is 0 Å². The van der Waals surface area contributed by atoms with E-state index < -0.39 is 0 Å². The molecule has 0 aliphatic rings. The normalized spacial score (nSPS) is 9.64. The molecule has 0 atom stereocenters. The van der Waals surface area contributed by atoms with Crippen LogP contribution in [0.25, 0.3) is 0 Å². The van der Waals surface area contributed by atoms with Crippen LogP contribution in [0.3, 0.4) is 0 Å². The van der Waals surface area contributed by atoms with Gasteiger partial charge in [0.25, 0.3) is 0 Å². The molecule has 0 heterocycles. The highest BCUT2D eigenvalue weighted by molar-refractivity contribution is 8.21. The van der Waals surface area contributed by atoms with Crippen LogP contribution in [0.1, 0.15) is 0 Å².